The lowest BCUT2D eigenvalue weighted by molar-refractivity contribution is 0.509. The van der Waals surface area contributed by atoms with Crippen LogP contribution < -0.4 is 5.32 Å². The molecule has 5 heteroatoms. The molecule has 0 aliphatic carbocycles. The summed E-state index contributed by atoms with van der Waals surface area (Å²) in [6.45, 7) is 1.57. The zero-order valence-electron chi connectivity index (χ0n) is 11.7. The summed E-state index contributed by atoms with van der Waals surface area (Å²) in [5, 5.41) is 2.96. The van der Waals surface area contributed by atoms with Gasteiger partial charge in [0, 0.05) is 22.1 Å². The molecule has 0 amide bonds. The molecule has 2 aromatic carbocycles. The van der Waals surface area contributed by atoms with Gasteiger partial charge in [-0.15, -0.1) is 0 Å². The van der Waals surface area contributed by atoms with Crippen LogP contribution in [0.15, 0.2) is 34.8 Å². The van der Waals surface area contributed by atoms with Crippen molar-refractivity contribution in [1.29, 1.82) is 0 Å². The third kappa shape index (κ3) is 3.66. The normalized spacial score (nSPS) is 12.5. The van der Waals surface area contributed by atoms with Crippen LogP contribution in [0.25, 0.3) is 0 Å². The Morgan fingerprint density at radius 2 is 1.76 bits per heavy atom. The molecule has 0 aromatic heterocycles. The highest BCUT2D eigenvalue weighted by molar-refractivity contribution is 9.10. The third-order valence-electron chi connectivity index (χ3n) is 3.43. The van der Waals surface area contributed by atoms with Crippen molar-refractivity contribution in [3.63, 3.8) is 0 Å². The fraction of sp³-hybridized carbons (Fsp3) is 0.250. The SMILES string of the molecule is CNC(Cc1cc(Br)ccc1F)c1cc(C)c(F)cc1F. The fourth-order valence-electron chi connectivity index (χ4n) is 2.23. The monoisotopic (exact) mass is 357 g/mol. The van der Waals surface area contributed by atoms with E-state index in [0.717, 1.165) is 10.5 Å². The summed E-state index contributed by atoms with van der Waals surface area (Å²) in [5.74, 6) is -1.56. The molecule has 1 unspecified atom stereocenters. The molecule has 0 aliphatic heterocycles. The first-order valence-corrected chi connectivity index (χ1v) is 7.28. The van der Waals surface area contributed by atoms with Crippen molar-refractivity contribution in [2.24, 2.45) is 0 Å². The predicted octanol–water partition coefficient (Wildman–Crippen LogP) is 4.68. The van der Waals surface area contributed by atoms with E-state index in [2.05, 4.69) is 21.2 Å². The third-order valence-corrected chi connectivity index (χ3v) is 3.93. The molecular formula is C16H15BrF3N. The minimum Gasteiger partial charge on any atom is -0.313 e. The van der Waals surface area contributed by atoms with E-state index in [-0.39, 0.29) is 12.2 Å². The first-order chi connectivity index (χ1) is 9.92. The van der Waals surface area contributed by atoms with Crippen molar-refractivity contribution >= 4 is 15.9 Å². The van der Waals surface area contributed by atoms with Gasteiger partial charge in [-0.2, -0.15) is 0 Å². The number of halogens is 4. The smallest absolute Gasteiger partial charge is 0.130 e. The molecule has 0 fully saturated rings. The molecule has 0 radical (unpaired) electrons. The number of aryl methyl sites for hydroxylation is 1. The van der Waals surface area contributed by atoms with Gasteiger partial charge in [-0.25, -0.2) is 13.2 Å². The molecule has 1 N–H and O–H groups in total. The van der Waals surface area contributed by atoms with Gasteiger partial charge in [0.15, 0.2) is 0 Å². The topological polar surface area (TPSA) is 12.0 Å². The molecule has 0 saturated carbocycles. The van der Waals surface area contributed by atoms with E-state index in [9.17, 15) is 13.2 Å². The molecule has 112 valence electrons. The van der Waals surface area contributed by atoms with Gasteiger partial charge in [-0.3, -0.25) is 0 Å². The molecular weight excluding hydrogens is 343 g/mol. The van der Waals surface area contributed by atoms with Gasteiger partial charge in [0.25, 0.3) is 0 Å². The summed E-state index contributed by atoms with van der Waals surface area (Å²) >= 11 is 3.29. The molecule has 2 aromatic rings. The van der Waals surface area contributed by atoms with Crippen molar-refractivity contribution in [2.45, 2.75) is 19.4 Å². The average molecular weight is 358 g/mol. The molecule has 0 saturated heterocycles. The van der Waals surface area contributed by atoms with Gasteiger partial charge in [0.1, 0.15) is 17.5 Å². The molecule has 21 heavy (non-hydrogen) atoms. The van der Waals surface area contributed by atoms with Crippen LogP contribution in [-0.2, 0) is 6.42 Å². The Hall–Kier alpha value is -1.33. The summed E-state index contributed by atoms with van der Waals surface area (Å²) in [4.78, 5) is 0. The molecule has 0 heterocycles. The lowest BCUT2D eigenvalue weighted by Crippen LogP contribution is -2.21. The number of hydrogen-bond donors (Lipinski definition) is 1. The van der Waals surface area contributed by atoms with Crippen LogP contribution in [0.4, 0.5) is 13.2 Å². The number of nitrogens with one attached hydrogen (secondary N) is 1. The lowest BCUT2D eigenvalue weighted by Gasteiger charge is -2.19. The van der Waals surface area contributed by atoms with Crippen LogP contribution in [0.5, 0.6) is 0 Å². The minimum atomic E-state index is -0.632. The van der Waals surface area contributed by atoms with E-state index >= 15 is 0 Å². The zero-order chi connectivity index (χ0) is 15.6. The van der Waals surface area contributed by atoms with E-state index in [1.165, 1.54) is 12.1 Å². The van der Waals surface area contributed by atoms with Crippen molar-refractivity contribution < 1.29 is 13.2 Å². The first-order valence-electron chi connectivity index (χ1n) is 6.49. The molecule has 1 nitrogen and oxygen atoms in total. The number of hydrogen-bond acceptors (Lipinski definition) is 1. The number of rotatable bonds is 4. The average Bonchev–Trinajstić information content (AvgIpc) is 2.44. The van der Waals surface area contributed by atoms with Gasteiger partial charge in [0.05, 0.1) is 0 Å². The van der Waals surface area contributed by atoms with E-state index in [4.69, 9.17) is 0 Å². The summed E-state index contributed by atoms with van der Waals surface area (Å²) in [5.41, 5.74) is 1.15. The highest BCUT2D eigenvalue weighted by Gasteiger charge is 2.18. The van der Waals surface area contributed by atoms with Gasteiger partial charge in [0.2, 0.25) is 0 Å². The summed E-state index contributed by atoms with van der Waals surface area (Å²) in [7, 11) is 1.67. The lowest BCUT2D eigenvalue weighted by atomic mass is 9.96. The molecule has 1 atom stereocenters. The quantitative estimate of drug-likeness (QED) is 0.837. The van der Waals surface area contributed by atoms with Crippen molar-refractivity contribution in [2.75, 3.05) is 7.05 Å². The maximum Gasteiger partial charge on any atom is 0.130 e. The van der Waals surface area contributed by atoms with Crippen molar-refractivity contribution in [1.82, 2.24) is 5.32 Å². The second-order valence-corrected chi connectivity index (χ2v) is 5.82. The maximum atomic E-state index is 14.0. The van der Waals surface area contributed by atoms with E-state index in [1.54, 1.807) is 26.1 Å². The maximum absolute atomic E-state index is 14.0. The first kappa shape index (κ1) is 16.0. The number of benzene rings is 2. The van der Waals surface area contributed by atoms with Crippen LogP contribution in [0, 0.1) is 24.4 Å². The minimum absolute atomic E-state index is 0.268. The van der Waals surface area contributed by atoms with Crippen LogP contribution >= 0.6 is 15.9 Å². The second kappa shape index (κ2) is 6.62. The van der Waals surface area contributed by atoms with Gasteiger partial charge in [-0.1, -0.05) is 15.9 Å². The van der Waals surface area contributed by atoms with Gasteiger partial charge in [-0.05, 0) is 55.8 Å². The van der Waals surface area contributed by atoms with Gasteiger partial charge < -0.3 is 5.32 Å². The Bertz CT molecular complexity index is 658. The van der Waals surface area contributed by atoms with Crippen molar-refractivity contribution in [3.8, 4) is 0 Å². The van der Waals surface area contributed by atoms with Crippen LogP contribution in [0.3, 0.4) is 0 Å². The zero-order valence-corrected chi connectivity index (χ0v) is 13.3. The molecule has 0 spiro atoms. The van der Waals surface area contributed by atoms with E-state index in [1.807, 2.05) is 0 Å². The van der Waals surface area contributed by atoms with Crippen LogP contribution in [-0.4, -0.2) is 7.05 Å². The van der Waals surface area contributed by atoms with E-state index in [0.29, 0.717) is 16.7 Å². The molecule has 0 bridgehead atoms. The molecule has 0 aliphatic rings. The summed E-state index contributed by atoms with van der Waals surface area (Å²) in [6.07, 6.45) is 0.268. The Labute approximate surface area is 130 Å². The highest BCUT2D eigenvalue weighted by atomic mass is 79.9. The largest absolute Gasteiger partial charge is 0.313 e. The Kier molecular flexibility index (Phi) is 5.06. The summed E-state index contributed by atoms with van der Waals surface area (Å²) < 4.78 is 41.9. The fourth-order valence-corrected chi connectivity index (χ4v) is 2.64. The highest BCUT2D eigenvalue weighted by Crippen LogP contribution is 2.26. The number of likely N-dealkylation sites (N-methyl/N-ethyl adjacent to an activating group) is 1. The predicted molar refractivity (Wildman–Crippen MR) is 80.7 cm³/mol. The Morgan fingerprint density at radius 1 is 1.05 bits per heavy atom. The second-order valence-electron chi connectivity index (χ2n) is 4.90. The standard InChI is InChI=1S/C16H15BrF3N/c1-9-5-12(15(20)8-14(9)19)16(21-2)7-10-6-11(17)3-4-13(10)18/h3-6,8,16,21H,7H2,1-2H3. The van der Waals surface area contributed by atoms with Crippen LogP contribution in [0.1, 0.15) is 22.7 Å². The summed E-state index contributed by atoms with van der Waals surface area (Å²) in [6, 6.07) is 6.52. The molecule has 2 rings (SSSR count). The van der Waals surface area contributed by atoms with Crippen molar-refractivity contribution in [3.05, 3.63) is 68.9 Å². The Morgan fingerprint density at radius 3 is 2.43 bits per heavy atom. The van der Waals surface area contributed by atoms with Gasteiger partial charge >= 0.3 is 0 Å². The van der Waals surface area contributed by atoms with E-state index < -0.39 is 17.7 Å². The van der Waals surface area contributed by atoms with Crippen LogP contribution in [0.2, 0.25) is 0 Å². The Balaban J connectivity index is 2.36.